The van der Waals surface area contributed by atoms with E-state index in [9.17, 15) is 8.42 Å². The van der Waals surface area contributed by atoms with Gasteiger partial charge in [0.1, 0.15) is 11.4 Å². The number of ether oxygens (including phenoxy) is 1. The fraction of sp³-hybridized carbons (Fsp3) is 0.450. The lowest BCUT2D eigenvalue weighted by molar-refractivity contribution is 0.122. The van der Waals surface area contributed by atoms with Crippen molar-refractivity contribution in [3.8, 4) is 0 Å². The molecule has 0 amide bonds. The van der Waals surface area contributed by atoms with Crippen LogP contribution in [0.2, 0.25) is 0 Å². The predicted octanol–water partition coefficient (Wildman–Crippen LogP) is 1.11. The van der Waals surface area contributed by atoms with Crippen LogP contribution < -0.4 is 9.80 Å². The molecule has 4 heterocycles. The first-order valence-corrected chi connectivity index (χ1v) is 11.9. The van der Waals surface area contributed by atoms with Crippen LogP contribution in [-0.2, 0) is 20.5 Å². The number of hydrogen-bond acceptors (Lipinski definition) is 9. The van der Waals surface area contributed by atoms with E-state index in [-0.39, 0.29) is 5.75 Å². The molecule has 1 aromatic carbocycles. The number of rotatable bonds is 5. The van der Waals surface area contributed by atoms with Gasteiger partial charge in [-0.25, -0.2) is 8.42 Å². The molecule has 0 aliphatic carbocycles. The monoisotopic (exact) mass is 444 g/mol. The number of nitrogens with zero attached hydrogens (tertiary/aromatic N) is 6. The first kappa shape index (κ1) is 20.2. The van der Waals surface area contributed by atoms with E-state index in [0.29, 0.717) is 50.7 Å². The first-order valence-electron chi connectivity index (χ1n) is 10.3. The van der Waals surface area contributed by atoms with Crippen LogP contribution in [0.1, 0.15) is 5.69 Å². The summed E-state index contributed by atoms with van der Waals surface area (Å²) in [6.07, 6.45) is 0. The molecule has 0 saturated carbocycles. The van der Waals surface area contributed by atoms with Crippen molar-refractivity contribution in [3.05, 3.63) is 42.1 Å². The zero-order valence-electron chi connectivity index (χ0n) is 17.1. The maximum atomic E-state index is 12.9. The normalized spacial score (nSPS) is 18.6. The Balaban J connectivity index is 1.21. The summed E-state index contributed by atoms with van der Waals surface area (Å²) >= 11 is 0. The molecule has 3 aromatic rings. The molecule has 0 N–H and O–H groups in total. The van der Waals surface area contributed by atoms with Crippen molar-refractivity contribution < 1.29 is 17.7 Å². The quantitative estimate of drug-likeness (QED) is 0.572. The van der Waals surface area contributed by atoms with E-state index in [4.69, 9.17) is 9.26 Å². The van der Waals surface area contributed by atoms with Crippen LogP contribution in [0.3, 0.4) is 0 Å². The van der Waals surface area contributed by atoms with Gasteiger partial charge >= 0.3 is 0 Å². The van der Waals surface area contributed by atoms with Gasteiger partial charge in [0, 0.05) is 44.7 Å². The Kier molecular flexibility index (Phi) is 5.47. The van der Waals surface area contributed by atoms with E-state index in [2.05, 4.69) is 25.2 Å². The first-order chi connectivity index (χ1) is 15.1. The van der Waals surface area contributed by atoms with Crippen LogP contribution in [0.15, 0.2) is 40.9 Å². The molecule has 0 atom stereocenters. The molecule has 0 unspecified atom stereocenters. The highest BCUT2D eigenvalue weighted by atomic mass is 32.2. The van der Waals surface area contributed by atoms with E-state index < -0.39 is 10.0 Å². The smallest absolute Gasteiger partial charge is 0.220 e. The Morgan fingerprint density at radius 1 is 0.839 bits per heavy atom. The van der Waals surface area contributed by atoms with Gasteiger partial charge in [0.2, 0.25) is 10.0 Å². The minimum absolute atomic E-state index is 0.169. The van der Waals surface area contributed by atoms with Crippen molar-refractivity contribution in [3.63, 3.8) is 0 Å². The van der Waals surface area contributed by atoms with Crippen LogP contribution in [0.4, 0.5) is 11.6 Å². The number of para-hydroxylation sites is 1. The number of anilines is 2. The van der Waals surface area contributed by atoms with E-state index in [0.717, 1.165) is 30.1 Å². The largest absolute Gasteiger partial charge is 0.378 e. The van der Waals surface area contributed by atoms with Crippen LogP contribution in [0.25, 0.3) is 11.0 Å². The van der Waals surface area contributed by atoms with Crippen LogP contribution in [0.5, 0.6) is 0 Å². The van der Waals surface area contributed by atoms with Crippen molar-refractivity contribution >= 4 is 32.6 Å². The fourth-order valence-corrected chi connectivity index (χ4v) is 5.41. The molecule has 0 spiro atoms. The number of aromatic nitrogens is 3. The number of hydrogen-bond donors (Lipinski definition) is 0. The highest BCUT2D eigenvalue weighted by molar-refractivity contribution is 7.88. The van der Waals surface area contributed by atoms with E-state index >= 15 is 0 Å². The predicted molar refractivity (Wildman–Crippen MR) is 115 cm³/mol. The lowest BCUT2D eigenvalue weighted by atomic mass is 10.2. The van der Waals surface area contributed by atoms with Crippen molar-refractivity contribution in [1.82, 2.24) is 19.7 Å². The van der Waals surface area contributed by atoms with Crippen molar-refractivity contribution in [2.45, 2.75) is 5.75 Å². The van der Waals surface area contributed by atoms with Gasteiger partial charge in [0.25, 0.3) is 0 Å². The Morgan fingerprint density at radius 3 is 2.16 bits per heavy atom. The lowest BCUT2D eigenvalue weighted by Gasteiger charge is -2.34. The molecule has 164 valence electrons. The fourth-order valence-electron chi connectivity index (χ4n) is 3.95. The Labute approximate surface area is 180 Å². The molecule has 10 nitrogen and oxygen atoms in total. The molecule has 2 aliphatic heterocycles. The summed E-state index contributed by atoms with van der Waals surface area (Å²) in [4.78, 5) is 4.21. The van der Waals surface area contributed by atoms with E-state index in [1.54, 1.807) is 6.07 Å². The maximum absolute atomic E-state index is 12.9. The number of benzene rings is 1. The van der Waals surface area contributed by atoms with Crippen molar-refractivity contribution in [2.75, 3.05) is 62.3 Å². The average molecular weight is 445 g/mol. The summed E-state index contributed by atoms with van der Waals surface area (Å²) in [7, 11) is -3.49. The Bertz CT molecular complexity index is 1140. The number of sulfonamides is 1. The highest BCUT2D eigenvalue weighted by Gasteiger charge is 2.29. The van der Waals surface area contributed by atoms with Crippen LogP contribution >= 0.6 is 0 Å². The zero-order chi connectivity index (χ0) is 21.3. The van der Waals surface area contributed by atoms with Crippen molar-refractivity contribution in [1.29, 1.82) is 0 Å². The zero-order valence-corrected chi connectivity index (χ0v) is 17.9. The summed E-state index contributed by atoms with van der Waals surface area (Å²) < 4.78 is 38.0. The molecule has 5 rings (SSSR count). The molecule has 11 heteroatoms. The minimum Gasteiger partial charge on any atom is -0.378 e. The molecular weight excluding hydrogens is 420 g/mol. The second kappa shape index (κ2) is 8.40. The standard InChI is InChI=1S/C20H24N6O4S/c27-31(28,15-17-16-3-1-2-4-18(16)30-23-17)26-9-7-24(8-10-26)19-5-6-20(22-21-19)25-11-13-29-14-12-25/h1-6H,7-15H2. The third-order valence-electron chi connectivity index (χ3n) is 5.70. The molecule has 31 heavy (non-hydrogen) atoms. The van der Waals surface area contributed by atoms with Gasteiger partial charge < -0.3 is 19.1 Å². The van der Waals surface area contributed by atoms with Gasteiger partial charge in [0.05, 0.1) is 13.2 Å². The van der Waals surface area contributed by atoms with E-state index in [1.165, 1.54) is 4.31 Å². The van der Waals surface area contributed by atoms with Gasteiger partial charge in [-0.1, -0.05) is 17.3 Å². The van der Waals surface area contributed by atoms with Gasteiger partial charge in [-0.2, -0.15) is 4.31 Å². The third-order valence-corrected chi connectivity index (χ3v) is 7.49. The second-order valence-electron chi connectivity index (χ2n) is 7.62. The molecular formula is C20H24N6O4S. The summed E-state index contributed by atoms with van der Waals surface area (Å²) in [5.41, 5.74) is 1.04. The maximum Gasteiger partial charge on any atom is 0.220 e. The highest BCUT2D eigenvalue weighted by Crippen LogP contribution is 2.23. The molecule has 2 aromatic heterocycles. The van der Waals surface area contributed by atoms with E-state index in [1.807, 2.05) is 30.3 Å². The minimum atomic E-state index is -3.49. The van der Waals surface area contributed by atoms with Gasteiger partial charge in [0.15, 0.2) is 17.2 Å². The average Bonchev–Trinajstić information content (AvgIpc) is 3.22. The van der Waals surface area contributed by atoms with Gasteiger partial charge in [-0.3, -0.25) is 0 Å². The van der Waals surface area contributed by atoms with Crippen LogP contribution in [-0.4, -0.2) is 80.6 Å². The van der Waals surface area contributed by atoms with Gasteiger partial charge in [-0.05, 0) is 24.3 Å². The topological polar surface area (TPSA) is 105 Å². The molecule has 0 radical (unpaired) electrons. The Hall–Kier alpha value is -2.76. The van der Waals surface area contributed by atoms with Crippen molar-refractivity contribution in [2.24, 2.45) is 0 Å². The lowest BCUT2D eigenvalue weighted by Crippen LogP contribution is -2.49. The second-order valence-corrected chi connectivity index (χ2v) is 9.59. The molecule has 0 bridgehead atoms. The Morgan fingerprint density at radius 2 is 1.48 bits per heavy atom. The summed E-state index contributed by atoms with van der Waals surface area (Å²) in [6, 6.07) is 11.2. The number of piperazine rings is 1. The molecule has 2 saturated heterocycles. The van der Waals surface area contributed by atoms with Crippen LogP contribution in [0, 0.1) is 0 Å². The number of fused-ring (bicyclic) bond motifs is 1. The summed E-state index contributed by atoms with van der Waals surface area (Å²) in [6.45, 7) is 4.93. The molecule has 2 fully saturated rings. The SMILES string of the molecule is O=S(=O)(Cc1noc2ccccc12)N1CCN(c2ccc(N3CCOCC3)nn2)CC1. The summed E-state index contributed by atoms with van der Waals surface area (Å²) in [5.74, 6) is 1.43. The third kappa shape index (κ3) is 4.21. The van der Waals surface area contributed by atoms with Gasteiger partial charge in [-0.15, -0.1) is 10.2 Å². The molecule has 2 aliphatic rings. The number of morpholine rings is 1. The summed E-state index contributed by atoms with van der Waals surface area (Å²) in [5, 5.41) is 13.4.